The van der Waals surface area contributed by atoms with Gasteiger partial charge in [-0.3, -0.25) is 0 Å². The monoisotopic (exact) mass is 480 g/mol. The standard InChI is InChI=1S/C21H24N2O7S2/c24-31(25,18-6-7-19-20(16-18)29-15-14-28-19)22-10-8-21(9-11-22)23(12-13-30-21)32(26,27)17-4-2-1-3-5-17/h1-7,16H,8-15H2. The third kappa shape index (κ3) is 3.57. The molecular formula is C21H24N2O7S2. The summed E-state index contributed by atoms with van der Waals surface area (Å²) in [6, 6.07) is 12.8. The first kappa shape index (κ1) is 21.7. The Bertz CT molecular complexity index is 1210. The van der Waals surface area contributed by atoms with Gasteiger partial charge in [-0.05, 0) is 24.3 Å². The highest BCUT2D eigenvalue weighted by atomic mass is 32.2. The lowest BCUT2D eigenvalue weighted by atomic mass is 10.0. The van der Waals surface area contributed by atoms with Crippen LogP contribution >= 0.6 is 0 Å². The fraction of sp³-hybridized carbons (Fsp3) is 0.429. The van der Waals surface area contributed by atoms with Crippen LogP contribution in [0.25, 0.3) is 0 Å². The van der Waals surface area contributed by atoms with Crippen LogP contribution in [0.5, 0.6) is 11.5 Å². The predicted molar refractivity (Wildman–Crippen MR) is 114 cm³/mol. The number of hydrogen-bond donors (Lipinski definition) is 0. The predicted octanol–water partition coefficient (Wildman–Crippen LogP) is 1.66. The molecule has 0 aliphatic carbocycles. The number of benzene rings is 2. The molecule has 0 atom stereocenters. The molecule has 0 saturated carbocycles. The van der Waals surface area contributed by atoms with E-state index in [2.05, 4.69) is 0 Å². The molecule has 1 spiro atoms. The largest absolute Gasteiger partial charge is 0.486 e. The smallest absolute Gasteiger partial charge is 0.245 e. The molecule has 172 valence electrons. The molecule has 11 heteroatoms. The summed E-state index contributed by atoms with van der Waals surface area (Å²) in [6.07, 6.45) is 0.506. The second-order valence-electron chi connectivity index (χ2n) is 7.89. The Balaban J connectivity index is 1.36. The first-order valence-corrected chi connectivity index (χ1v) is 13.3. The molecule has 9 nitrogen and oxygen atoms in total. The van der Waals surface area contributed by atoms with E-state index in [-0.39, 0.29) is 48.9 Å². The maximum absolute atomic E-state index is 13.2. The van der Waals surface area contributed by atoms with E-state index in [4.69, 9.17) is 14.2 Å². The maximum atomic E-state index is 13.2. The fourth-order valence-electron chi connectivity index (χ4n) is 4.46. The zero-order valence-corrected chi connectivity index (χ0v) is 19.0. The van der Waals surface area contributed by atoms with Crippen LogP contribution in [0.3, 0.4) is 0 Å². The fourth-order valence-corrected chi connectivity index (χ4v) is 7.66. The van der Waals surface area contributed by atoms with Crippen molar-refractivity contribution in [2.75, 3.05) is 39.5 Å². The Morgan fingerprint density at radius 3 is 2.12 bits per heavy atom. The highest BCUT2D eigenvalue weighted by Gasteiger charge is 2.51. The molecule has 32 heavy (non-hydrogen) atoms. The molecule has 2 aromatic rings. The minimum absolute atomic E-state index is 0.124. The van der Waals surface area contributed by atoms with Crippen molar-refractivity contribution in [1.82, 2.24) is 8.61 Å². The highest BCUT2D eigenvalue weighted by molar-refractivity contribution is 7.89. The van der Waals surface area contributed by atoms with Gasteiger partial charge in [-0.2, -0.15) is 8.61 Å². The van der Waals surface area contributed by atoms with E-state index in [0.29, 0.717) is 24.7 Å². The van der Waals surface area contributed by atoms with Gasteiger partial charge in [0, 0.05) is 38.5 Å². The summed E-state index contributed by atoms with van der Waals surface area (Å²) in [5.41, 5.74) is -1.03. The zero-order chi connectivity index (χ0) is 22.4. The van der Waals surface area contributed by atoms with Crippen LogP contribution in [-0.2, 0) is 24.8 Å². The van der Waals surface area contributed by atoms with E-state index in [1.54, 1.807) is 36.4 Å². The summed E-state index contributed by atoms with van der Waals surface area (Å²) >= 11 is 0. The average molecular weight is 481 g/mol. The topological polar surface area (TPSA) is 102 Å². The van der Waals surface area contributed by atoms with Crippen molar-refractivity contribution < 1.29 is 31.0 Å². The van der Waals surface area contributed by atoms with Gasteiger partial charge < -0.3 is 14.2 Å². The number of hydrogen-bond acceptors (Lipinski definition) is 7. The lowest BCUT2D eigenvalue weighted by molar-refractivity contribution is -0.0806. The SMILES string of the molecule is O=S(=O)(c1ccc2c(c1)OCCO2)N1CCC2(CC1)OCCN2S(=O)(=O)c1ccccc1. The van der Waals surface area contributed by atoms with Gasteiger partial charge in [0.25, 0.3) is 0 Å². The zero-order valence-electron chi connectivity index (χ0n) is 17.3. The first-order chi connectivity index (χ1) is 15.3. The van der Waals surface area contributed by atoms with E-state index in [0.717, 1.165) is 0 Å². The van der Waals surface area contributed by atoms with Gasteiger partial charge >= 0.3 is 0 Å². The minimum atomic E-state index is -3.77. The van der Waals surface area contributed by atoms with Crippen molar-refractivity contribution in [3.63, 3.8) is 0 Å². The third-order valence-electron chi connectivity index (χ3n) is 6.11. The number of nitrogens with zero attached hydrogens (tertiary/aromatic N) is 2. The van der Waals surface area contributed by atoms with Gasteiger partial charge in [-0.25, -0.2) is 16.8 Å². The third-order valence-corrected chi connectivity index (χ3v) is 9.96. The second kappa shape index (κ2) is 7.99. The molecule has 0 bridgehead atoms. The Morgan fingerprint density at radius 2 is 1.41 bits per heavy atom. The quantitative estimate of drug-likeness (QED) is 0.656. The molecule has 2 fully saturated rings. The van der Waals surface area contributed by atoms with Crippen molar-refractivity contribution in [3.8, 4) is 11.5 Å². The van der Waals surface area contributed by atoms with Crippen molar-refractivity contribution in [2.24, 2.45) is 0 Å². The molecule has 0 amide bonds. The van der Waals surface area contributed by atoms with Gasteiger partial charge in [0.15, 0.2) is 11.5 Å². The van der Waals surface area contributed by atoms with Crippen LogP contribution in [0.15, 0.2) is 58.3 Å². The van der Waals surface area contributed by atoms with Crippen molar-refractivity contribution in [1.29, 1.82) is 0 Å². The normalized spacial score (nSPS) is 21.6. The maximum Gasteiger partial charge on any atom is 0.245 e. The van der Waals surface area contributed by atoms with E-state index in [1.165, 1.54) is 20.7 Å². The van der Waals surface area contributed by atoms with E-state index < -0.39 is 25.8 Å². The van der Waals surface area contributed by atoms with Crippen LogP contribution < -0.4 is 9.47 Å². The molecule has 0 unspecified atom stereocenters. The van der Waals surface area contributed by atoms with E-state index in [1.807, 2.05) is 0 Å². The molecule has 0 radical (unpaired) electrons. The Kier molecular flexibility index (Phi) is 5.41. The summed E-state index contributed by atoms with van der Waals surface area (Å²) in [5, 5.41) is 0. The number of sulfonamides is 2. The Labute approximate surface area is 187 Å². The Hall–Kier alpha value is -2.18. The van der Waals surface area contributed by atoms with Crippen molar-refractivity contribution in [3.05, 3.63) is 48.5 Å². The molecule has 3 aliphatic heterocycles. The molecule has 0 N–H and O–H groups in total. The molecular weight excluding hydrogens is 456 g/mol. The van der Waals surface area contributed by atoms with Crippen LogP contribution in [-0.4, -0.2) is 70.6 Å². The van der Waals surface area contributed by atoms with Gasteiger partial charge in [-0.1, -0.05) is 18.2 Å². The second-order valence-corrected chi connectivity index (χ2v) is 11.7. The summed E-state index contributed by atoms with van der Waals surface area (Å²) < 4.78 is 72.6. The summed E-state index contributed by atoms with van der Waals surface area (Å²) in [4.78, 5) is 0.329. The first-order valence-electron chi connectivity index (χ1n) is 10.4. The van der Waals surface area contributed by atoms with Gasteiger partial charge in [0.1, 0.15) is 18.9 Å². The van der Waals surface area contributed by atoms with Crippen molar-refractivity contribution >= 4 is 20.0 Å². The lowest BCUT2D eigenvalue weighted by Gasteiger charge is -2.42. The highest BCUT2D eigenvalue weighted by Crippen LogP contribution is 2.40. The van der Waals surface area contributed by atoms with E-state index >= 15 is 0 Å². The molecule has 5 rings (SSSR count). The minimum Gasteiger partial charge on any atom is -0.486 e. The molecule has 3 heterocycles. The lowest BCUT2D eigenvalue weighted by Crippen LogP contribution is -2.55. The molecule has 3 aliphatic rings. The summed E-state index contributed by atoms with van der Waals surface area (Å²) in [7, 11) is -7.52. The number of fused-ring (bicyclic) bond motifs is 1. The molecule has 0 aromatic heterocycles. The molecule has 2 saturated heterocycles. The Morgan fingerprint density at radius 1 is 0.719 bits per heavy atom. The van der Waals surface area contributed by atoms with Gasteiger partial charge in [0.2, 0.25) is 20.0 Å². The molecule has 2 aromatic carbocycles. The summed E-state index contributed by atoms with van der Waals surface area (Å²) in [5.74, 6) is 0.930. The van der Waals surface area contributed by atoms with Crippen LogP contribution in [0.1, 0.15) is 12.8 Å². The van der Waals surface area contributed by atoms with Gasteiger partial charge in [-0.15, -0.1) is 0 Å². The van der Waals surface area contributed by atoms with Crippen LogP contribution in [0.4, 0.5) is 0 Å². The number of piperidine rings is 1. The van der Waals surface area contributed by atoms with Crippen LogP contribution in [0, 0.1) is 0 Å². The van der Waals surface area contributed by atoms with Gasteiger partial charge in [0.05, 0.1) is 16.4 Å². The average Bonchev–Trinajstić information content (AvgIpc) is 3.23. The number of ether oxygens (including phenoxy) is 3. The van der Waals surface area contributed by atoms with Crippen molar-refractivity contribution in [2.45, 2.75) is 28.4 Å². The summed E-state index contributed by atoms with van der Waals surface area (Å²) in [6.45, 7) is 1.61. The van der Waals surface area contributed by atoms with E-state index in [9.17, 15) is 16.8 Å². The number of rotatable bonds is 4. The van der Waals surface area contributed by atoms with Crippen LogP contribution in [0.2, 0.25) is 0 Å².